The van der Waals surface area contributed by atoms with Crippen molar-refractivity contribution in [3.63, 3.8) is 0 Å². The molecule has 1 N–H and O–H groups in total. The normalized spacial score (nSPS) is 11.1. The smallest absolute Gasteiger partial charge is 0.253 e. The zero-order chi connectivity index (χ0) is 24.2. The Labute approximate surface area is 201 Å². The lowest BCUT2D eigenvalue weighted by molar-refractivity contribution is -0.116. The van der Waals surface area contributed by atoms with Gasteiger partial charge in [0.15, 0.2) is 11.5 Å². The Hall–Kier alpha value is -3.60. The number of aryl methyl sites for hydroxylation is 2. The maximum absolute atomic E-state index is 12.8. The largest absolute Gasteiger partial charge is 0.493 e. The highest BCUT2D eigenvalue weighted by molar-refractivity contribution is 7.98. The fraction of sp³-hybridized carbons (Fsp3) is 0.348. The zero-order valence-corrected chi connectivity index (χ0v) is 20.6. The summed E-state index contributed by atoms with van der Waals surface area (Å²) in [5.74, 6) is 2.36. The molecule has 0 unspecified atom stereocenters. The number of ether oxygens (including phenoxy) is 2. The number of benzene rings is 1. The van der Waals surface area contributed by atoms with E-state index >= 15 is 0 Å². The molecule has 0 aliphatic carbocycles. The van der Waals surface area contributed by atoms with E-state index in [-0.39, 0.29) is 5.91 Å². The zero-order valence-electron chi connectivity index (χ0n) is 19.8. The van der Waals surface area contributed by atoms with Gasteiger partial charge in [-0.25, -0.2) is 14.2 Å². The van der Waals surface area contributed by atoms with E-state index in [1.165, 1.54) is 11.8 Å². The predicted molar refractivity (Wildman–Crippen MR) is 130 cm³/mol. The number of nitrogens with zero attached hydrogens (tertiary/aromatic N) is 6. The number of hydrogen-bond acceptors (Lipinski definition) is 8. The molecule has 3 heterocycles. The minimum absolute atomic E-state index is 0.110. The van der Waals surface area contributed by atoms with Crippen molar-refractivity contribution in [3.8, 4) is 11.5 Å². The Morgan fingerprint density at radius 1 is 1.15 bits per heavy atom. The molecule has 0 atom stereocenters. The van der Waals surface area contributed by atoms with Crippen molar-refractivity contribution in [2.24, 2.45) is 0 Å². The van der Waals surface area contributed by atoms with Crippen LogP contribution in [-0.2, 0) is 17.8 Å². The third-order valence-electron chi connectivity index (χ3n) is 5.60. The van der Waals surface area contributed by atoms with E-state index in [4.69, 9.17) is 9.47 Å². The topological polar surface area (TPSA) is 108 Å². The molecule has 0 radical (unpaired) electrons. The van der Waals surface area contributed by atoms with Crippen LogP contribution in [0.2, 0.25) is 0 Å². The summed E-state index contributed by atoms with van der Waals surface area (Å²) < 4.78 is 14.4. The molecule has 0 saturated heterocycles. The summed E-state index contributed by atoms with van der Waals surface area (Å²) in [5, 5.41) is 12.5. The number of carbonyl (C=O) groups is 1. The first-order valence-electron chi connectivity index (χ1n) is 10.7. The van der Waals surface area contributed by atoms with Gasteiger partial charge in [-0.3, -0.25) is 4.79 Å². The lowest BCUT2D eigenvalue weighted by atomic mass is 10.1. The SMILES string of the molecule is COc1cccc(Cn2nccc2NC(=O)CCc2c(C)nc3nc(SC)nn3c2C)c1OC. The molecule has 0 fully saturated rings. The molecule has 1 aromatic carbocycles. The number of amides is 1. The van der Waals surface area contributed by atoms with Gasteiger partial charge >= 0.3 is 0 Å². The van der Waals surface area contributed by atoms with Gasteiger partial charge in [-0.2, -0.15) is 10.1 Å². The number of rotatable bonds is 9. The molecule has 0 spiro atoms. The van der Waals surface area contributed by atoms with Crippen LogP contribution in [0.15, 0.2) is 35.6 Å². The van der Waals surface area contributed by atoms with Crippen LogP contribution in [-0.4, -0.2) is 55.7 Å². The third-order valence-corrected chi connectivity index (χ3v) is 6.14. The van der Waals surface area contributed by atoms with Gasteiger partial charge in [-0.05, 0) is 38.2 Å². The van der Waals surface area contributed by atoms with Gasteiger partial charge in [0.1, 0.15) is 5.82 Å². The Morgan fingerprint density at radius 2 is 1.97 bits per heavy atom. The molecule has 0 bridgehead atoms. The molecule has 4 rings (SSSR count). The van der Waals surface area contributed by atoms with Crippen molar-refractivity contribution in [1.29, 1.82) is 0 Å². The van der Waals surface area contributed by atoms with Crippen molar-refractivity contribution in [2.75, 3.05) is 25.8 Å². The summed E-state index contributed by atoms with van der Waals surface area (Å²) in [6, 6.07) is 7.45. The van der Waals surface area contributed by atoms with Gasteiger partial charge in [0.05, 0.1) is 27.0 Å². The average molecular weight is 482 g/mol. The number of aromatic nitrogens is 6. The number of carbonyl (C=O) groups excluding carboxylic acids is 1. The predicted octanol–water partition coefficient (Wildman–Crippen LogP) is 3.30. The highest BCUT2D eigenvalue weighted by Crippen LogP contribution is 2.31. The summed E-state index contributed by atoms with van der Waals surface area (Å²) in [6.07, 6.45) is 4.42. The maximum atomic E-state index is 12.8. The summed E-state index contributed by atoms with van der Waals surface area (Å²) in [7, 11) is 3.20. The third kappa shape index (κ3) is 4.69. The van der Waals surface area contributed by atoms with Crippen LogP contribution in [0, 0.1) is 13.8 Å². The molecular weight excluding hydrogens is 454 g/mol. The summed E-state index contributed by atoms with van der Waals surface area (Å²) in [5.41, 5.74) is 3.69. The van der Waals surface area contributed by atoms with E-state index < -0.39 is 0 Å². The Balaban J connectivity index is 1.46. The highest BCUT2D eigenvalue weighted by atomic mass is 32.2. The van der Waals surface area contributed by atoms with Gasteiger partial charge in [-0.15, -0.1) is 5.10 Å². The monoisotopic (exact) mass is 481 g/mol. The summed E-state index contributed by atoms with van der Waals surface area (Å²) in [4.78, 5) is 21.8. The van der Waals surface area contributed by atoms with Gasteiger partial charge in [0.25, 0.3) is 5.78 Å². The number of anilines is 1. The molecule has 0 aliphatic heterocycles. The van der Waals surface area contributed by atoms with E-state index in [0.717, 1.165) is 22.5 Å². The van der Waals surface area contributed by atoms with Crippen LogP contribution < -0.4 is 14.8 Å². The number of nitrogens with one attached hydrogen (secondary N) is 1. The van der Waals surface area contributed by atoms with Crippen molar-refractivity contribution < 1.29 is 14.3 Å². The van der Waals surface area contributed by atoms with Gasteiger partial charge in [0, 0.05) is 29.4 Å². The molecule has 4 aromatic rings. The van der Waals surface area contributed by atoms with E-state index in [9.17, 15) is 4.79 Å². The van der Waals surface area contributed by atoms with Gasteiger partial charge in [0.2, 0.25) is 11.1 Å². The van der Waals surface area contributed by atoms with Crippen LogP contribution in [0.1, 0.15) is 28.9 Å². The Bertz CT molecular complexity index is 1330. The second kappa shape index (κ2) is 10.1. The lowest BCUT2D eigenvalue weighted by Gasteiger charge is -2.14. The first-order valence-corrected chi connectivity index (χ1v) is 12.0. The van der Waals surface area contributed by atoms with Crippen LogP contribution >= 0.6 is 11.8 Å². The molecule has 0 saturated carbocycles. The van der Waals surface area contributed by atoms with Crippen LogP contribution in [0.3, 0.4) is 0 Å². The first-order chi connectivity index (χ1) is 16.4. The molecule has 3 aromatic heterocycles. The molecule has 10 nitrogen and oxygen atoms in total. The Kier molecular flexibility index (Phi) is 7.01. The first kappa shape index (κ1) is 23.6. The van der Waals surface area contributed by atoms with Crippen LogP contribution in [0.25, 0.3) is 5.78 Å². The van der Waals surface area contributed by atoms with Crippen molar-refractivity contribution in [2.45, 2.75) is 38.4 Å². The van der Waals surface area contributed by atoms with Crippen molar-refractivity contribution >= 4 is 29.3 Å². The number of hydrogen-bond donors (Lipinski definition) is 1. The average Bonchev–Trinajstić information content (AvgIpc) is 3.45. The molecule has 1 amide bonds. The lowest BCUT2D eigenvalue weighted by Crippen LogP contribution is -2.17. The number of para-hydroxylation sites is 1. The molecule has 178 valence electrons. The minimum Gasteiger partial charge on any atom is -0.493 e. The van der Waals surface area contributed by atoms with E-state index in [0.29, 0.717) is 47.6 Å². The minimum atomic E-state index is -0.110. The molecule has 34 heavy (non-hydrogen) atoms. The fourth-order valence-electron chi connectivity index (χ4n) is 3.89. The fourth-order valence-corrected chi connectivity index (χ4v) is 4.22. The van der Waals surface area contributed by atoms with E-state index in [1.54, 1.807) is 35.7 Å². The van der Waals surface area contributed by atoms with Gasteiger partial charge in [-0.1, -0.05) is 23.9 Å². The van der Waals surface area contributed by atoms with Crippen molar-refractivity contribution in [1.82, 2.24) is 29.4 Å². The second-order valence-electron chi connectivity index (χ2n) is 7.65. The van der Waals surface area contributed by atoms with E-state index in [2.05, 4.69) is 25.5 Å². The second-order valence-corrected chi connectivity index (χ2v) is 8.42. The quantitative estimate of drug-likeness (QED) is 0.363. The standard InChI is InChI=1S/C23H27N7O3S/c1-14-17(15(2)30-22(25-14)27-23(28-30)34-5)9-10-20(31)26-19-11-12-24-29(19)13-16-7-6-8-18(32-3)21(16)33-4/h6-8,11-12H,9-10,13H2,1-5H3,(H,26,31). The van der Waals surface area contributed by atoms with Crippen molar-refractivity contribution in [3.05, 3.63) is 53.0 Å². The number of fused-ring (bicyclic) bond motifs is 1. The number of methoxy groups -OCH3 is 2. The van der Waals surface area contributed by atoms with Crippen LogP contribution in [0.5, 0.6) is 11.5 Å². The van der Waals surface area contributed by atoms with Gasteiger partial charge < -0.3 is 14.8 Å². The summed E-state index contributed by atoms with van der Waals surface area (Å²) in [6.45, 7) is 4.33. The van der Waals surface area contributed by atoms with Crippen LogP contribution in [0.4, 0.5) is 5.82 Å². The van der Waals surface area contributed by atoms with E-state index in [1.807, 2.05) is 38.3 Å². The molecule has 11 heteroatoms. The number of thioether (sulfide) groups is 1. The summed E-state index contributed by atoms with van der Waals surface area (Å²) >= 11 is 1.47. The molecular formula is C23H27N7O3S. The molecule has 0 aliphatic rings. The Morgan fingerprint density at radius 3 is 2.71 bits per heavy atom. The highest BCUT2D eigenvalue weighted by Gasteiger charge is 2.16. The maximum Gasteiger partial charge on any atom is 0.253 e.